The molecule has 2 aromatic carbocycles. The number of carbonyl (C=O) groups is 1. The molecule has 0 spiro atoms. The van der Waals surface area contributed by atoms with Crippen LogP contribution in [-0.4, -0.2) is 11.3 Å². The molecule has 0 aliphatic carbocycles. The number of halogens is 1. The average Bonchev–Trinajstić information content (AvgIpc) is 2.48. The van der Waals surface area contributed by atoms with E-state index in [-0.39, 0.29) is 5.25 Å². The molecule has 2 aromatic rings. The molecule has 3 rings (SSSR count). The number of carbonyl (C=O) groups excluding carboxylic acids is 1. The van der Waals surface area contributed by atoms with Crippen molar-refractivity contribution in [3.05, 3.63) is 64.2 Å². The van der Waals surface area contributed by atoms with Gasteiger partial charge < -0.3 is 4.74 Å². The van der Waals surface area contributed by atoms with E-state index in [0.29, 0.717) is 5.02 Å². The molecule has 23 heavy (non-hydrogen) atoms. The molecule has 1 amide bonds. The summed E-state index contributed by atoms with van der Waals surface area (Å²) in [5.74, 6) is 0. The molecule has 1 unspecified atom stereocenters. The fourth-order valence-electron chi connectivity index (χ4n) is 2.73. The zero-order chi connectivity index (χ0) is 16.6. The lowest BCUT2D eigenvalue weighted by atomic mass is 9.96. The van der Waals surface area contributed by atoms with E-state index in [1.807, 2.05) is 43.3 Å². The SMILES string of the molecule is Cc1ccc2c(c1)C(SC(C)C)(c1ccc(Cl)cc1)OC(=O)N2. The maximum absolute atomic E-state index is 12.2. The van der Waals surface area contributed by atoms with Crippen molar-refractivity contribution in [1.82, 2.24) is 0 Å². The van der Waals surface area contributed by atoms with Gasteiger partial charge in [0.05, 0.1) is 5.69 Å². The molecule has 0 fully saturated rings. The number of thioether (sulfide) groups is 1. The first-order valence-electron chi connectivity index (χ1n) is 7.46. The number of hydrogen-bond acceptors (Lipinski definition) is 3. The molecule has 1 aliphatic rings. The van der Waals surface area contributed by atoms with Crippen LogP contribution in [-0.2, 0) is 9.67 Å². The summed E-state index contributed by atoms with van der Waals surface area (Å²) >= 11 is 7.64. The Morgan fingerprint density at radius 3 is 2.52 bits per heavy atom. The fraction of sp³-hybridized carbons (Fsp3) is 0.278. The number of anilines is 1. The molecular formula is C18H18ClNO2S. The second-order valence-electron chi connectivity index (χ2n) is 5.85. The summed E-state index contributed by atoms with van der Waals surface area (Å²) in [6.45, 7) is 6.21. The van der Waals surface area contributed by atoms with Crippen LogP contribution >= 0.6 is 23.4 Å². The highest BCUT2D eigenvalue weighted by atomic mass is 35.5. The number of aryl methyl sites for hydroxylation is 1. The van der Waals surface area contributed by atoms with Gasteiger partial charge in [0.15, 0.2) is 0 Å². The minimum absolute atomic E-state index is 0.268. The van der Waals surface area contributed by atoms with E-state index in [1.54, 1.807) is 11.8 Å². The summed E-state index contributed by atoms with van der Waals surface area (Å²) < 4.78 is 5.86. The molecule has 1 atom stereocenters. The molecular weight excluding hydrogens is 330 g/mol. The highest BCUT2D eigenvalue weighted by Gasteiger charge is 2.45. The summed E-state index contributed by atoms with van der Waals surface area (Å²) in [5.41, 5.74) is 3.77. The van der Waals surface area contributed by atoms with Crippen molar-refractivity contribution < 1.29 is 9.53 Å². The highest BCUT2D eigenvalue weighted by Crippen LogP contribution is 2.51. The summed E-state index contributed by atoms with van der Waals surface area (Å²) in [6.07, 6.45) is -0.440. The number of fused-ring (bicyclic) bond motifs is 1. The van der Waals surface area contributed by atoms with Crippen LogP contribution in [0.2, 0.25) is 5.02 Å². The van der Waals surface area contributed by atoms with Crippen molar-refractivity contribution >= 4 is 35.1 Å². The Kier molecular flexibility index (Phi) is 4.30. The molecule has 3 nitrogen and oxygen atoms in total. The van der Waals surface area contributed by atoms with Gasteiger partial charge in [-0.1, -0.05) is 49.2 Å². The molecule has 1 aliphatic heterocycles. The number of benzene rings is 2. The lowest BCUT2D eigenvalue weighted by Gasteiger charge is -2.39. The minimum atomic E-state index is -0.873. The Morgan fingerprint density at radius 1 is 1.17 bits per heavy atom. The van der Waals surface area contributed by atoms with Crippen molar-refractivity contribution in [3.63, 3.8) is 0 Å². The van der Waals surface area contributed by atoms with Gasteiger partial charge in [0.2, 0.25) is 4.93 Å². The maximum atomic E-state index is 12.2. The lowest BCUT2D eigenvalue weighted by Crippen LogP contribution is -2.39. The number of nitrogens with one attached hydrogen (secondary N) is 1. The zero-order valence-electron chi connectivity index (χ0n) is 13.2. The molecule has 0 radical (unpaired) electrons. The Labute approximate surface area is 145 Å². The Hall–Kier alpha value is -1.65. The lowest BCUT2D eigenvalue weighted by molar-refractivity contribution is 0.106. The van der Waals surface area contributed by atoms with E-state index in [0.717, 1.165) is 22.4 Å². The van der Waals surface area contributed by atoms with Crippen LogP contribution in [0.5, 0.6) is 0 Å². The van der Waals surface area contributed by atoms with Gasteiger partial charge >= 0.3 is 6.09 Å². The third-order valence-electron chi connectivity index (χ3n) is 3.63. The Morgan fingerprint density at radius 2 is 1.87 bits per heavy atom. The van der Waals surface area contributed by atoms with E-state index in [1.165, 1.54) is 0 Å². The van der Waals surface area contributed by atoms with Gasteiger partial charge in [-0.3, -0.25) is 5.32 Å². The minimum Gasteiger partial charge on any atom is -0.423 e. The van der Waals surface area contributed by atoms with Gasteiger partial charge in [0.1, 0.15) is 0 Å². The van der Waals surface area contributed by atoms with Gasteiger partial charge in [-0.25, -0.2) is 4.79 Å². The van der Waals surface area contributed by atoms with Gasteiger partial charge in [-0.05, 0) is 31.2 Å². The zero-order valence-corrected chi connectivity index (χ0v) is 14.8. The van der Waals surface area contributed by atoms with Crippen molar-refractivity contribution in [2.24, 2.45) is 0 Å². The predicted octanol–water partition coefficient (Wildman–Crippen LogP) is 5.55. The third kappa shape index (κ3) is 3.06. The quantitative estimate of drug-likeness (QED) is 0.790. The first-order valence-corrected chi connectivity index (χ1v) is 8.71. The largest absolute Gasteiger partial charge is 0.423 e. The standard InChI is InChI=1S/C18H18ClNO2S/c1-11(2)23-18(13-5-7-14(19)8-6-13)15-10-12(3)4-9-16(15)20-17(21)22-18/h4-11H,1-3H3,(H,20,21). The van der Waals surface area contributed by atoms with E-state index in [4.69, 9.17) is 16.3 Å². The number of ether oxygens (including phenoxy) is 1. The molecule has 1 heterocycles. The normalized spacial score (nSPS) is 20.0. The van der Waals surface area contributed by atoms with E-state index in [9.17, 15) is 4.79 Å². The number of hydrogen-bond donors (Lipinski definition) is 1. The highest BCUT2D eigenvalue weighted by molar-refractivity contribution is 8.00. The molecule has 5 heteroatoms. The summed E-state index contributed by atoms with van der Waals surface area (Å²) in [6, 6.07) is 13.5. The van der Waals surface area contributed by atoms with Crippen LogP contribution in [0.25, 0.3) is 0 Å². The van der Waals surface area contributed by atoms with Crippen LogP contribution < -0.4 is 5.32 Å². The monoisotopic (exact) mass is 347 g/mol. The molecule has 0 saturated heterocycles. The summed E-state index contributed by atoms with van der Waals surface area (Å²) in [4.78, 5) is 11.3. The van der Waals surface area contributed by atoms with Crippen molar-refractivity contribution in [1.29, 1.82) is 0 Å². The number of rotatable bonds is 3. The van der Waals surface area contributed by atoms with E-state index in [2.05, 4.69) is 25.2 Å². The first-order chi connectivity index (χ1) is 10.9. The molecule has 0 bridgehead atoms. The van der Waals surface area contributed by atoms with E-state index < -0.39 is 11.0 Å². The predicted molar refractivity (Wildman–Crippen MR) is 96.2 cm³/mol. The molecule has 0 saturated carbocycles. The van der Waals surface area contributed by atoms with Crippen LogP contribution in [0.3, 0.4) is 0 Å². The Bertz CT molecular complexity index is 745. The summed E-state index contributed by atoms with van der Waals surface area (Å²) in [7, 11) is 0. The maximum Gasteiger partial charge on any atom is 0.413 e. The second kappa shape index (κ2) is 6.10. The van der Waals surface area contributed by atoms with Crippen molar-refractivity contribution in [2.75, 3.05) is 5.32 Å². The van der Waals surface area contributed by atoms with Crippen LogP contribution in [0, 0.1) is 6.92 Å². The van der Waals surface area contributed by atoms with Crippen molar-refractivity contribution in [3.8, 4) is 0 Å². The smallest absolute Gasteiger partial charge is 0.413 e. The number of amides is 1. The number of cyclic esters (lactones) is 1. The van der Waals surface area contributed by atoms with Gasteiger partial charge in [0.25, 0.3) is 0 Å². The molecule has 120 valence electrons. The topological polar surface area (TPSA) is 38.3 Å². The van der Waals surface area contributed by atoms with Gasteiger partial charge in [0, 0.05) is 21.4 Å². The van der Waals surface area contributed by atoms with Gasteiger partial charge in [-0.15, -0.1) is 11.8 Å². The summed E-state index contributed by atoms with van der Waals surface area (Å²) in [5, 5.41) is 3.72. The van der Waals surface area contributed by atoms with Crippen molar-refractivity contribution in [2.45, 2.75) is 31.0 Å². The third-order valence-corrected chi connectivity index (χ3v) is 5.22. The average molecular weight is 348 g/mol. The van der Waals surface area contributed by atoms with Gasteiger partial charge in [-0.2, -0.15) is 0 Å². The van der Waals surface area contributed by atoms with Crippen LogP contribution in [0.15, 0.2) is 42.5 Å². The second-order valence-corrected chi connectivity index (χ2v) is 8.04. The fourth-order valence-corrected chi connectivity index (χ4v) is 4.21. The molecule has 1 N–H and O–H groups in total. The molecule has 0 aromatic heterocycles. The van der Waals surface area contributed by atoms with E-state index >= 15 is 0 Å². The van der Waals surface area contributed by atoms with Crippen LogP contribution in [0.1, 0.15) is 30.5 Å². The Balaban J connectivity index is 2.25. The van der Waals surface area contributed by atoms with Crippen LogP contribution in [0.4, 0.5) is 10.5 Å². The first kappa shape index (κ1) is 16.2.